The van der Waals surface area contributed by atoms with Gasteiger partial charge >= 0.3 is 34.1 Å². The summed E-state index contributed by atoms with van der Waals surface area (Å²) in [6.45, 7) is 10.3. The van der Waals surface area contributed by atoms with Crippen molar-refractivity contribution >= 4 is 23.4 Å². The largest absolute Gasteiger partial charge is 2.00 e. The Morgan fingerprint density at radius 1 is 0.652 bits per heavy atom. The Morgan fingerprint density at radius 2 is 0.978 bits per heavy atom. The molecule has 0 aliphatic carbocycles. The Kier molecular flexibility index (Phi) is 23.0. The predicted octanol–water partition coefficient (Wildman–Crippen LogP) is 1.50. The van der Waals surface area contributed by atoms with Crippen molar-refractivity contribution in [3.63, 3.8) is 0 Å². The summed E-state index contributed by atoms with van der Waals surface area (Å²) in [5.74, 6) is -3.10. The zero-order valence-corrected chi connectivity index (χ0v) is 28.1. The third-order valence-corrected chi connectivity index (χ3v) is 5.78. The minimum absolute atomic E-state index is 0. The summed E-state index contributed by atoms with van der Waals surface area (Å²) in [7, 11) is 0. The van der Waals surface area contributed by atoms with Crippen LogP contribution in [0.1, 0.15) is 52.7 Å². The van der Waals surface area contributed by atoms with E-state index in [0.29, 0.717) is 22.6 Å². The van der Waals surface area contributed by atoms with Gasteiger partial charge in [-0.25, -0.2) is 9.97 Å². The van der Waals surface area contributed by atoms with Crippen LogP contribution in [0.25, 0.3) is 0 Å². The average molecular weight is 730 g/mol. The standard InChI is InChI=1S/2C13H17NO3.2C3H4N2.2Cu/c2*1-8(2)12(13(16)17)14-9(3)10-6-4-5-7-11(10)15;2*1-2-5-3-4-1;;/h2*4-8,12,15H,1-3H3,(H,16,17);2*1-3H,(H,4,5);;/q;;;;2*+2/p-4/t2*12-;;;;/m00..../s1. The molecule has 12 nitrogen and oxygen atoms in total. The number of aliphatic carboxylic acids is 2. The number of para-hydroxylation sites is 2. The van der Waals surface area contributed by atoms with Crippen LogP contribution >= 0.6 is 0 Å². The Morgan fingerprint density at radius 3 is 1.17 bits per heavy atom. The van der Waals surface area contributed by atoms with Crippen LogP contribution in [0.2, 0.25) is 0 Å². The molecule has 0 saturated heterocycles. The molecule has 0 aliphatic heterocycles. The van der Waals surface area contributed by atoms with Gasteiger partial charge in [-0.05, 0) is 36.8 Å². The van der Waals surface area contributed by atoms with Crippen LogP contribution in [-0.2, 0) is 43.7 Å². The zero-order valence-electron chi connectivity index (χ0n) is 26.2. The zero-order chi connectivity index (χ0) is 33.1. The minimum atomic E-state index is -1.22. The minimum Gasteiger partial charge on any atom is -0.872 e. The van der Waals surface area contributed by atoms with Gasteiger partial charge in [-0.1, -0.05) is 87.7 Å². The molecule has 0 spiro atoms. The first-order valence-corrected chi connectivity index (χ1v) is 13.8. The van der Waals surface area contributed by atoms with Crippen LogP contribution in [0.4, 0.5) is 0 Å². The number of hydrogen-bond donors (Lipinski definition) is 2. The molecular weight excluding hydrogens is 691 g/mol. The van der Waals surface area contributed by atoms with Gasteiger partial charge in [-0.15, -0.1) is 0 Å². The van der Waals surface area contributed by atoms with Crippen molar-refractivity contribution in [1.29, 1.82) is 0 Å². The Labute approximate surface area is 290 Å². The molecule has 0 saturated carbocycles. The fraction of sp³-hybridized carbons (Fsp3) is 0.312. The van der Waals surface area contributed by atoms with Crippen molar-refractivity contribution in [3.8, 4) is 11.5 Å². The van der Waals surface area contributed by atoms with Gasteiger partial charge in [0.1, 0.15) is 0 Å². The van der Waals surface area contributed by atoms with Crippen LogP contribution in [0.5, 0.6) is 11.5 Å². The SMILES string of the molecule is CC(=N[C@H](C(=O)[O-])C(C)C)c1ccccc1[O-].CC(=N[C@H](C(=O)[O-])C(C)C)c1ccccc1[O-].[Cu+2].[Cu+2].c1c[nH]cn1.c1c[nH]cn1. The number of rotatable bonds is 8. The van der Waals surface area contributed by atoms with Crippen LogP contribution in [0.15, 0.2) is 96.0 Å². The summed E-state index contributed by atoms with van der Waals surface area (Å²) in [5, 5.41) is 44.9. The fourth-order valence-electron chi connectivity index (χ4n) is 3.47. The maximum atomic E-state index is 11.5. The molecule has 14 heteroatoms. The summed E-state index contributed by atoms with van der Waals surface area (Å²) in [4.78, 5) is 42.7. The molecule has 2 heterocycles. The number of imidazole rings is 2. The first-order valence-electron chi connectivity index (χ1n) is 13.8. The quantitative estimate of drug-likeness (QED) is 0.200. The predicted molar refractivity (Wildman–Crippen MR) is 161 cm³/mol. The number of aromatic nitrogens is 4. The van der Waals surface area contributed by atoms with Gasteiger partial charge in [-0.2, -0.15) is 0 Å². The molecule has 0 fully saturated rings. The third kappa shape index (κ3) is 16.7. The number of carbonyl (C=O) groups is 2. The van der Waals surface area contributed by atoms with E-state index in [1.54, 1.807) is 115 Å². The number of nitrogens with zero attached hydrogens (tertiary/aromatic N) is 4. The maximum absolute atomic E-state index is 11.5. The van der Waals surface area contributed by atoms with Crippen molar-refractivity contribution in [1.82, 2.24) is 19.9 Å². The van der Waals surface area contributed by atoms with Crippen molar-refractivity contribution in [2.75, 3.05) is 0 Å². The second kappa shape index (κ2) is 24.1. The second-order valence-corrected chi connectivity index (χ2v) is 9.96. The maximum Gasteiger partial charge on any atom is 2.00 e. The van der Waals surface area contributed by atoms with E-state index in [1.807, 2.05) is 0 Å². The molecule has 2 radical (unpaired) electrons. The molecule has 46 heavy (non-hydrogen) atoms. The van der Waals surface area contributed by atoms with E-state index in [1.165, 1.54) is 12.1 Å². The molecule has 4 aromatic rings. The van der Waals surface area contributed by atoms with Crippen LogP contribution in [0, 0.1) is 11.8 Å². The van der Waals surface area contributed by atoms with Gasteiger partial charge in [0.25, 0.3) is 0 Å². The van der Waals surface area contributed by atoms with E-state index in [0.717, 1.165) is 0 Å². The fourth-order valence-corrected chi connectivity index (χ4v) is 3.47. The summed E-state index contributed by atoms with van der Waals surface area (Å²) in [5.41, 5.74) is 1.72. The summed E-state index contributed by atoms with van der Waals surface area (Å²) < 4.78 is 0. The van der Waals surface area contributed by atoms with Gasteiger partial charge in [-0.3, -0.25) is 9.98 Å². The van der Waals surface area contributed by atoms with Crippen LogP contribution in [0.3, 0.4) is 0 Å². The van der Waals surface area contributed by atoms with Crippen LogP contribution < -0.4 is 20.4 Å². The van der Waals surface area contributed by atoms with Gasteiger partial charge in [0.15, 0.2) is 0 Å². The van der Waals surface area contributed by atoms with Crippen molar-refractivity contribution in [2.24, 2.45) is 21.8 Å². The number of hydrogen-bond acceptors (Lipinski definition) is 10. The second-order valence-electron chi connectivity index (χ2n) is 9.96. The van der Waals surface area contributed by atoms with E-state index < -0.39 is 24.0 Å². The summed E-state index contributed by atoms with van der Waals surface area (Å²) in [6.07, 6.45) is 10.2. The molecule has 2 atom stereocenters. The molecule has 0 bridgehead atoms. The van der Waals surface area contributed by atoms with Crippen LogP contribution in [-0.4, -0.2) is 55.4 Å². The monoisotopic (exact) mass is 728 g/mol. The van der Waals surface area contributed by atoms with Gasteiger partial charge in [0, 0.05) is 36.2 Å². The van der Waals surface area contributed by atoms with E-state index in [2.05, 4.69) is 29.9 Å². The number of carboxylic acids is 2. The third-order valence-electron chi connectivity index (χ3n) is 5.78. The normalized spacial score (nSPS) is 11.9. The van der Waals surface area contributed by atoms with Gasteiger partial charge in [0.05, 0.1) is 36.7 Å². The topological polar surface area (TPSA) is 208 Å². The molecule has 254 valence electrons. The number of carboxylic acid groups (broad SMARTS) is 2. The summed E-state index contributed by atoms with van der Waals surface area (Å²) >= 11 is 0. The Hall–Kier alpha value is -4.22. The Bertz CT molecular complexity index is 1300. The van der Waals surface area contributed by atoms with Crippen molar-refractivity contribution < 1.29 is 64.2 Å². The molecular formula is C32H38Cu2N6O6. The smallest absolute Gasteiger partial charge is 0.872 e. The molecule has 2 N–H and O–H groups in total. The molecule has 0 aliphatic rings. The van der Waals surface area contributed by atoms with E-state index in [4.69, 9.17) is 0 Å². The molecule has 2 aromatic carbocycles. The number of carbonyl (C=O) groups excluding carboxylic acids is 2. The van der Waals surface area contributed by atoms with E-state index >= 15 is 0 Å². The molecule has 0 unspecified atom stereocenters. The van der Waals surface area contributed by atoms with Gasteiger partial charge in [0.2, 0.25) is 0 Å². The number of aliphatic imine (C=N–C) groups is 2. The number of aromatic amines is 2. The number of nitrogens with one attached hydrogen (secondary N) is 2. The molecule has 0 amide bonds. The van der Waals surface area contributed by atoms with E-state index in [-0.39, 0.29) is 57.5 Å². The molecule has 2 aromatic heterocycles. The number of H-pyrrole nitrogens is 2. The van der Waals surface area contributed by atoms with E-state index in [9.17, 15) is 30.0 Å². The summed E-state index contributed by atoms with van der Waals surface area (Å²) in [6, 6.07) is 11.0. The average Bonchev–Trinajstić information content (AvgIpc) is 3.74. The Balaban J connectivity index is 0. The van der Waals surface area contributed by atoms with Crippen molar-refractivity contribution in [2.45, 2.75) is 53.6 Å². The van der Waals surface area contributed by atoms with Crippen molar-refractivity contribution in [3.05, 3.63) is 97.1 Å². The first kappa shape index (κ1) is 43.9. The van der Waals surface area contributed by atoms with Gasteiger partial charge < -0.3 is 40.0 Å². The first-order chi connectivity index (χ1) is 20.9. The number of benzene rings is 2. The molecule has 4 rings (SSSR count).